The summed E-state index contributed by atoms with van der Waals surface area (Å²) in [5, 5.41) is 0. The Hall–Kier alpha value is -1.91. The first-order chi connectivity index (χ1) is 9.16. The molecule has 2 aliphatic rings. The Morgan fingerprint density at radius 1 is 1.26 bits per heavy atom. The number of benzene rings is 1. The minimum atomic E-state index is 0.191. The van der Waals surface area contributed by atoms with Crippen molar-refractivity contribution in [3.05, 3.63) is 23.8 Å². The molecule has 0 aromatic heterocycles. The quantitative estimate of drug-likeness (QED) is 0.877. The van der Waals surface area contributed by atoms with Crippen LogP contribution in [0.15, 0.2) is 23.2 Å². The summed E-state index contributed by atoms with van der Waals surface area (Å²) >= 11 is 0. The molecular weight excluding hydrogens is 242 g/mol. The van der Waals surface area contributed by atoms with Crippen molar-refractivity contribution in [3.63, 3.8) is 0 Å². The van der Waals surface area contributed by atoms with Gasteiger partial charge in [-0.25, -0.2) is 0 Å². The summed E-state index contributed by atoms with van der Waals surface area (Å²) < 4.78 is 11.2. The lowest BCUT2D eigenvalue weighted by atomic mass is 10.0. The lowest BCUT2D eigenvalue weighted by molar-refractivity contribution is 0.171. The van der Waals surface area contributed by atoms with E-state index in [0.29, 0.717) is 31.8 Å². The number of rotatable bonds is 2. The Labute approximate surface area is 113 Å². The third-order valence-corrected chi connectivity index (χ3v) is 3.53. The molecule has 1 unspecified atom stereocenters. The molecule has 1 aromatic carbocycles. The highest BCUT2D eigenvalue weighted by Gasteiger charge is 2.30. The number of ether oxygens (including phenoxy) is 2. The highest BCUT2D eigenvalue weighted by Crippen LogP contribution is 2.35. The molecule has 0 radical (unpaired) electrons. The van der Waals surface area contributed by atoms with E-state index in [1.54, 1.807) is 0 Å². The van der Waals surface area contributed by atoms with Crippen LogP contribution in [0.25, 0.3) is 0 Å². The van der Waals surface area contributed by atoms with Gasteiger partial charge in [0.05, 0.1) is 12.6 Å². The van der Waals surface area contributed by atoms with Crippen LogP contribution < -0.4 is 15.2 Å². The summed E-state index contributed by atoms with van der Waals surface area (Å²) in [6, 6.07) is 6.60. The lowest BCUT2D eigenvalue weighted by Crippen LogP contribution is -2.40. The van der Waals surface area contributed by atoms with Crippen LogP contribution in [0.4, 0.5) is 0 Å². The van der Waals surface area contributed by atoms with Crippen molar-refractivity contribution in [2.75, 3.05) is 19.8 Å². The van der Waals surface area contributed by atoms with Gasteiger partial charge in [-0.15, -0.1) is 0 Å². The molecule has 0 aliphatic carbocycles. The molecule has 0 bridgehead atoms. The first-order valence-electron chi connectivity index (χ1n) is 6.64. The second kappa shape index (κ2) is 4.64. The molecule has 0 fully saturated rings. The van der Waals surface area contributed by atoms with E-state index in [4.69, 9.17) is 15.2 Å². The number of aliphatic imine (C=N–C) groups is 1. The molecule has 3 rings (SSSR count). The average Bonchev–Trinajstić information content (AvgIpc) is 2.80. The summed E-state index contributed by atoms with van der Waals surface area (Å²) in [6.07, 6.45) is 0. The molecule has 1 atom stereocenters. The predicted molar refractivity (Wildman–Crippen MR) is 73.6 cm³/mol. The van der Waals surface area contributed by atoms with Gasteiger partial charge >= 0.3 is 0 Å². The topological polar surface area (TPSA) is 60.1 Å². The molecule has 0 saturated carbocycles. The molecule has 19 heavy (non-hydrogen) atoms. The SMILES string of the molecule is CC(C)N1C(N)=NCC1c1ccc2c(c1)OCCO2. The standard InChI is InChI=1S/C14H19N3O2/c1-9(2)17-11(8-16-14(17)15)10-3-4-12-13(7-10)19-6-5-18-12/h3-4,7,9,11H,5-6,8H2,1-2H3,(H2,15,16). The number of nitrogens with zero attached hydrogens (tertiary/aromatic N) is 2. The van der Waals surface area contributed by atoms with Crippen molar-refractivity contribution in [1.29, 1.82) is 0 Å². The van der Waals surface area contributed by atoms with Crippen LogP contribution in [-0.2, 0) is 0 Å². The fourth-order valence-corrected chi connectivity index (χ4v) is 2.67. The fourth-order valence-electron chi connectivity index (χ4n) is 2.67. The fraction of sp³-hybridized carbons (Fsp3) is 0.500. The third-order valence-electron chi connectivity index (χ3n) is 3.53. The van der Waals surface area contributed by atoms with Crippen molar-refractivity contribution < 1.29 is 9.47 Å². The largest absolute Gasteiger partial charge is 0.486 e. The second-order valence-corrected chi connectivity index (χ2v) is 5.12. The lowest BCUT2D eigenvalue weighted by Gasteiger charge is -2.31. The van der Waals surface area contributed by atoms with Gasteiger partial charge in [0, 0.05) is 6.04 Å². The Morgan fingerprint density at radius 3 is 2.74 bits per heavy atom. The summed E-state index contributed by atoms with van der Waals surface area (Å²) in [6.45, 7) is 6.17. The van der Waals surface area contributed by atoms with Gasteiger partial charge in [0.15, 0.2) is 17.5 Å². The summed E-state index contributed by atoms with van der Waals surface area (Å²) in [5.74, 6) is 2.26. The first-order valence-corrected chi connectivity index (χ1v) is 6.64. The maximum atomic E-state index is 5.97. The van der Waals surface area contributed by atoms with Crippen LogP contribution in [0, 0.1) is 0 Å². The van der Waals surface area contributed by atoms with Crippen molar-refractivity contribution in [2.24, 2.45) is 10.7 Å². The summed E-state index contributed by atoms with van der Waals surface area (Å²) in [4.78, 5) is 6.50. The van der Waals surface area contributed by atoms with E-state index in [-0.39, 0.29) is 6.04 Å². The van der Waals surface area contributed by atoms with Gasteiger partial charge < -0.3 is 20.1 Å². The molecular formula is C14H19N3O2. The molecule has 0 saturated heterocycles. The van der Waals surface area contributed by atoms with Crippen molar-refractivity contribution >= 4 is 5.96 Å². The van der Waals surface area contributed by atoms with Crippen molar-refractivity contribution in [2.45, 2.75) is 25.9 Å². The number of hydrogen-bond donors (Lipinski definition) is 1. The molecule has 2 heterocycles. The van der Waals surface area contributed by atoms with E-state index in [0.717, 1.165) is 11.5 Å². The summed E-state index contributed by atoms with van der Waals surface area (Å²) in [5.41, 5.74) is 7.13. The molecule has 5 nitrogen and oxygen atoms in total. The minimum Gasteiger partial charge on any atom is -0.486 e. The molecule has 102 valence electrons. The van der Waals surface area contributed by atoms with E-state index >= 15 is 0 Å². The summed E-state index contributed by atoms with van der Waals surface area (Å²) in [7, 11) is 0. The van der Waals surface area contributed by atoms with Crippen LogP contribution in [-0.4, -0.2) is 36.7 Å². The Kier molecular flexibility index (Phi) is 2.97. The van der Waals surface area contributed by atoms with Crippen LogP contribution in [0.3, 0.4) is 0 Å². The highest BCUT2D eigenvalue weighted by molar-refractivity contribution is 5.80. The van der Waals surface area contributed by atoms with Crippen LogP contribution in [0.5, 0.6) is 11.5 Å². The van der Waals surface area contributed by atoms with Crippen LogP contribution in [0.1, 0.15) is 25.5 Å². The van der Waals surface area contributed by atoms with Crippen LogP contribution >= 0.6 is 0 Å². The van der Waals surface area contributed by atoms with Gasteiger partial charge in [-0.05, 0) is 31.5 Å². The highest BCUT2D eigenvalue weighted by atomic mass is 16.6. The normalized spacial score (nSPS) is 21.7. The first kappa shape index (κ1) is 12.1. The zero-order chi connectivity index (χ0) is 13.4. The molecule has 0 spiro atoms. The number of nitrogens with two attached hydrogens (primary N) is 1. The van der Waals surface area contributed by atoms with Crippen molar-refractivity contribution in [3.8, 4) is 11.5 Å². The molecule has 1 aromatic rings. The smallest absolute Gasteiger partial charge is 0.192 e. The third kappa shape index (κ3) is 2.09. The number of fused-ring (bicyclic) bond motifs is 1. The Morgan fingerprint density at radius 2 is 2.00 bits per heavy atom. The van der Waals surface area contributed by atoms with Gasteiger partial charge in [0.1, 0.15) is 13.2 Å². The Balaban J connectivity index is 1.90. The molecule has 5 heteroatoms. The van der Waals surface area contributed by atoms with Gasteiger partial charge in [0.2, 0.25) is 0 Å². The zero-order valence-electron chi connectivity index (χ0n) is 11.3. The van der Waals surface area contributed by atoms with E-state index in [1.165, 1.54) is 5.56 Å². The van der Waals surface area contributed by atoms with Gasteiger partial charge in [-0.3, -0.25) is 4.99 Å². The molecule has 0 amide bonds. The zero-order valence-corrected chi connectivity index (χ0v) is 11.3. The Bertz CT molecular complexity index is 513. The maximum absolute atomic E-state index is 5.97. The predicted octanol–water partition coefficient (Wildman–Crippen LogP) is 1.54. The van der Waals surface area contributed by atoms with Crippen LogP contribution in [0.2, 0.25) is 0 Å². The molecule has 2 aliphatic heterocycles. The van der Waals surface area contributed by atoms with E-state index in [9.17, 15) is 0 Å². The number of guanidine groups is 1. The van der Waals surface area contributed by atoms with E-state index in [1.807, 2.05) is 12.1 Å². The second-order valence-electron chi connectivity index (χ2n) is 5.12. The molecule has 2 N–H and O–H groups in total. The van der Waals surface area contributed by atoms with Gasteiger partial charge in [0.25, 0.3) is 0 Å². The minimum absolute atomic E-state index is 0.191. The van der Waals surface area contributed by atoms with Gasteiger partial charge in [-0.1, -0.05) is 6.07 Å². The van der Waals surface area contributed by atoms with E-state index < -0.39 is 0 Å². The maximum Gasteiger partial charge on any atom is 0.192 e. The monoisotopic (exact) mass is 261 g/mol. The van der Waals surface area contributed by atoms with E-state index in [2.05, 4.69) is 29.8 Å². The van der Waals surface area contributed by atoms with Gasteiger partial charge in [-0.2, -0.15) is 0 Å². The average molecular weight is 261 g/mol. The number of hydrogen-bond acceptors (Lipinski definition) is 5. The van der Waals surface area contributed by atoms with Crippen molar-refractivity contribution in [1.82, 2.24) is 4.90 Å².